The molecular weight excluding hydrogens is 323 g/mol. The number of nitrogens with one attached hydrogen (secondary N) is 1. The SMILES string of the molecule is O=C(Nc1nc(-c2cccs2)cs1)C(Cl)(Cl)Cl. The van der Waals surface area contributed by atoms with Gasteiger partial charge in [0.05, 0.1) is 10.6 Å². The summed E-state index contributed by atoms with van der Waals surface area (Å²) in [6.07, 6.45) is 0. The Balaban J connectivity index is 2.12. The van der Waals surface area contributed by atoms with Gasteiger partial charge in [0.2, 0.25) is 0 Å². The van der Waals surface area contributed by atoms with Gasteiger partial charge in [-0.15, -0.1) is 22.7 Å². The van der Waals surface area contributed by atoms with Crippen LogP contribution in [0.2, 0.25) is 0 Å². The van der Waals surface area contributed by atoms with Gasteiger partial charge in [0.25, 0.3) is 9.70 Å². The van der Waals surface area contributed by atoms with Crippen molar-refractivity contribution >= 4 is 68.5 Å². The average Bonchev–Trinajstić information content (AvgIpc) is 2.83. The summed E-state index contributed by atoms with van der Waals surface area (Å²) in [5.41, 5.74) is 0.796. The van der Waals surface area contributed by atoms with E-state index in [2.05, 4.69) is 10.3 Å². The molecule has 90 valence electrons. The van der Waals surface area contributed by atoms with Crippen molar-refractivity contribution in [3.8, 4) is 10.6 Å². The Bertz CT molecular complexity index is 519. The van der Waals surface area contributed by atoms with Gasteiger partial charge < -0.3 is 0 Å². The van der Waals surface area contributed by atoms with Gasteiger partial charge in [0.1, 0.15) is 0 Å². The maximum absolute atomic E-state index is 11.4. The fraction of sp³-hybridized carbons (Fsp3) is 0.111. The number of anilines is 1. The molecule has 0 saturated heterocycles. The molecule has 0 radical (unpaired) electrons. The number of carbonyl (C=O) groups excluding carboxylic acids is 1. The molecule has 0 bridgehead atoms. The van der Waals surface area contributed by atoms with Crippen molar-refractivity contribution in [2.45, 2.75) is 3.79 Å². The fourth-order valence-electron chi connectivity index (χ4n) is 1.04. The molecule has 8 heteroatoms. The summed E-state index contributed by atoms with van der Waals surface area (Å²) in [4.78, 5) is 16.6. The van der Waals surface area contributed by atoms with E-state index in [0.717, 1.165) is 10.6 Å². The van der Waals surface area contributed by atoms with E-state index in [-0.39, 0.29) is 0 Å². The molecule has 0 aliphatic rings. The number of thiophene rings is 1. The quantitative estimate of drug-likeness (QED) is 0.841. The summed E-state index contributed by atoms with van der Waals surface area (Å²) in [5.74, 6) is -0.713. The van der Waals surface area contributed by atoms with Gasteiger partial charge in [-0.25, -0.2) is 4.98 Å². The highest BCUT2D eigenvalue weighted by atomic mass is 35.6. The number of aromatic nitrogens is 1. The maximum atomic E-state index is 11.4. The molecule has 1 N–H and O–H groups in total. The Morgan fingerprint density at radius 3 is 2.71 bits per heavy atom. The van der Waals surface area contributed by atoms with Crippen LogP contribution >= 0.6 is 57.5 Å². The lowest BCUT2D eigenvalue weighted by Crippen LogP contribution is -2.26. The number of thiazole rings is 1. The second-order valence-corrected chi connectivity index (χ2v) is 7.05. The third-order valence-corrected chi connectivity index (χ3v) is 3.92. The van der Waals surface area contributed by atoms with E-state index in [4.69, 9.17) is 34.8 Å². The summed E-state index contributed by atoms with van der Waals surface area (Å²) >= 11 is 19.2. The second-order valence-electron chi connectivity index (χ2n) is 2.97. The number of halogens is 3. The summed E-state index contributed by atoms with van der Waals surface area (Å²) in [6.45, 7) is 0. The van der Waals surface area contributed by atoms with Crippen molar-refractivity contribution < 1.29 is 4.79 Å². The Morgan fingerprint density at radius 1 is 1.35 bits per heavy atom. The number of rotatable bonds is 2. The molecule has 2 aromatic heterocycles. The molecule has 17 heavy (non-hydrogen) atoms. The highest BCUT2D eigenvalue weighted by Crippen LogP contribution is 2.31. The lowest BCUT2D eigenvalue weighted by molar-refractivity contribution is -0.115. The van der Waals surface area contributed by atoms with Gasteiger partial charge in [-0.1, -0.05) is 40.9 Å². The Labute approximate surface area is 120 Å². The molecule has 0 aliphatic heterocycles. The van der Waals surface area contributed by atoms with Crippen molar-refractivity contribution in [2.24, 2.45) is 0 Å². The van der Waals surface area contributed by atoms with E-state index in [0.29, 0.717) is 5.13 Å². The number of carbonyl (C=O) groups is 1. The van der Waals surface area contributed by atoms with Crippen molar-refractivity contribution in [1.29, 1.82) is 0 Å². The molecular formula is C9H5Cl3N2OS2. The minimum atomic E-state index is -1.98. The average molecular weight is 328 g/mol. The van der Waals surface area contributed by atoms with E-state index >= 15 is 0 Å². The first-order valence-corrected chi connectivity index (χ1v) is 7.24. The van der Waals surface area contributed by atoms with Crippen LogP contribution in [0, 0.1) is 0 Å². The van der Waals surface area contributed by atoms with Crippen molar-refractivity contribution in [2.75, 3.05) is 5.32 Å². The highest BCUT2D eigenvalue weighted by molar-refractivity contribution is 7.16. The van der Waals surface area contributed by atoms with Crippen LogP contribution in [0.3, 0.4) is 0 Å². The Morgan fingerprint density at radius 2 is 2.12 bits per heavy atom. The Hall–Kier alpha value is -0.330. The molecule has 3 nitrogen and oxygen atoms in total. The predicted molar refractivity (Wildman–Crippen MR) is 74.3 cm³/mol. The van der Waals surface area contributed by atoms with Gasteiger partial charge in [-0.2, -0.15) is 0 Å². The summed E-state index contributed by atoms with van der Waals surface area (Å²) in [7, 11) is 0. The summed E-state index contributed by atoms with van der Waals surface area (Å²) in [6, 6.07) is 3.87. The van der Waals surface area contributed by atoms with Gasteiger partial charge in [-0.05, 0) is 11.4 Å². The molecule has 0 fully saturated rings. The molecule has 0 aromatic carbocycles. The molecule has 0 aliphatic carbocycles. The lowest BCUT2D eigenvalue weighted by Gasteiger charge is -2.08. The van der Waals surface area contributed by atoms with E-state index < -0.39 is 9.70 Å². The van der Waals surface area contributed by atoms with Crippen molar-refractivity contribution in [3.05, 3.63) is 22.9 Å². The summed E-state index contributed by atoms with van der Waals surface area (Å²) < 4.78 is -1.98. The largest absolute Gasteiger partial charge is 0.298 e. The zero-order valence-corrected chi connectivity index (χ0v) is 12.0. The first kappa shape index (κ1) is 13.1. The van der Waals surface area contributed by atoms with Gasteiger partial charge >= 0.3 is 0 Å². The molecule has 2 aromatic rings. The van der Waals surface area contributed by atoms with Crippen LogP contribution in [0.25, 0.3) is 10.6 Å². The maximum Gasteiger partial charge on any atom is 0.278 e. The number of hydrogen-bond donors (Lipinski definition) is 1. The second kappa shape index (κ2) is 5.12. The minimum Gasteiger partial charge on any atom is -0.298 e. The van der Waals surface area contributed by atoms with Gasteiger partial charge in [-0.3, -0.25) is 10.1 Å². The van der Waals surface area contributed by atoms with E-state index in [1.807, 2.05) is 22.9 Å². The first-order valence-electron chi connectivity index (χ1n) is 4.34. The normalized spacial score (nSPS) is 11.5. The standard InChI is InChI=1S/C9H5Cl3N2OS2/c10-9(11,12)7(15)14-8-13-5(4-17-8)6-2-1-3-16-6/h1-4H,(H,13,14,15). The molecule has 0 unspecified atom stereocenters. The summed E-state index contributed by atoms with van der Waals surface area (Å²) in [5, 5.41) is 6.63. The molecule has 0 spiro atoms. The number of hydrogen-bond acceptors (Lipinski definition) is 4. The van der Waals surface area contributed by atoms with Gasteiger partial charge in [0, 0.05) is 5.38 Å². The van der Waals surface area contributed by atoms with Crippen molar-refractivity contribution in [3.63, 3.8) is 0 Å². The van der Waals surface area contributed by atoms with Crippen LogP contribution in [0.15, 0.2) is 22.9 Å². The zero-order chi connectivity index (χ0) is 12.5. The highest BCUT2D eigenvalue weighted by Gasteiger charge is 2.31. The topological polar surface area (TPSA) is 42.0 Å². The minimum absolute atomic E-state index is 0.407. The number of nitrogens with zero attached hydrogens (tertiary/aromatic N) is 1. The van der Waals surface area contributed by atoms with Crippen LogP contribution < -0.4 is 5.32 Å². The molecule has 0 atom stereocenters. The molecule has 2 heterocycles. The van der Waals surface area contributed by atoms with Crippen LogP contribution in [-0.2, 0) is 4.79 Å². The van der Waals surface area contributed by atoms with Crippen LogP contribution in [-0.4, -0.2) is 14.7 Å². The van der Waals surface area contributed by atoms with Crippen LogP contribution in [0.5, 0.6) is 0 Å². The monoisotopic (exact) mass is 326 g/mol. The lowest BCUT2D eigenvalue weighted by atomic mass is 10.4. The zero-order valence-electron chi connectivity index (χ0n) is 8.12. The van der Waals surface area contributed by atoms with Gasteiger partial charge in [0.15, 0.2) is 5.13 Å². The fourth-order valence-corrected chi connectivity index (χ4v) is 2.64. The number of amides is 1. The van der Waals surface area contributed by atoms with E-state index in [1.165, 1.54) is 11.3 Å². The molecule has 2 rings (SSSR count). The molecule has 0 saturated carbocycles. The van der Waals surface area contributed by atoms with E-state index in [1.54, 1.807) is 11.3 Å². The predicted octanol–water partition coefficient (Wildman–Crippen LogP) is 4.18. The third kappa shape index (κ3) is 3.33. The number of alkyl halides is 3. The Kier molecular flexibility index (Phi) is 3.95. The van der Waals surface area contributed by atoms with E-state index in [9.17, 15) is 4.79 Å². The first-order chi connectivity index (χ1) is 7.97. The van der Waals surface area contributed by atoms with Crippen molar-refractivity contribution in [1.82, 2.24) is 4.98 Å². The third-order valence-electron chi connectivity index (χ3n) is 1.76. The smallest absolute Gasteiger partial charge is 0.278 e. The van der Waals surface area contributed by atoms with Crippen LogP contribution in [0.1, 0.15) is 0 Å². The molecule has 1 amide bonds. The van der Waals surface area contributed by atoms with Crippen LogP contribution in [0.4, 0.5) is 5.13 Å².